The molecule has 0 spiro atoms. The second kappa shape index (κ2) is 3.41. The molecule has 1 amide bonds. The lowest BCUT2D eigenvalue weighted by Crippen LogP contribution is -2.63. The molecule has 2 N–H and O–H groups in total. The zero-order chi connectivity index (χ0) is 9.19. The third kappa shape index (κ3) is 2.19. The van der Waals surface area contributed by atoms with Crippen molar-refractivity contribution in [3.8, 4) is 0 Å². The van der Waals surface area contributed by atoms with Gasteiger partial charge in [-0.15, -0.1) is 0 Å². The van der Waals surface area contributed by atoms with Gasteiger partial charge < -0.3 is 15.3 Å². The highest BCUT2D eigenvalue weighted by atomic mass is 16.3. The van der Waals surface area contributed by atoms with Crippen molar-refractivity contribution in [1.82, 2.24) is 10.2 Å². The number of hydrogen-bond acceptors (Lipinski definition) is 3. The smallest absolute Gasteiger partial charge is 0.236 e. The van der Waals surface area contributed by atoms with Crippen LogP contribution in [0.1, 0.15) is 13.8 Å². The van der Waals surface area contributed by atoms with Gasteiger partial charge >= 0.3 is 0 Å². The summed E-state index contributed by atoms with van der Waals surface area (Å²) in [6.07, 6.45) is 0. The highest BCUT2D eigenvalue weighted by Crippen LogP contribution is 2.18. The maximum Gasteiger partial charge on any atom is 0.236 e. The Balaban J connectivity index is 2.19. The second-order valence-electron chi connectivity index (χ2n) is 3.53. The molecule has 1 saturated heterocycles. The van der Waals surface area contributed by atoms with Gasteiger partial charge in [0.25, 0.3) is 0 Å². The molecule has 12 heavy (non-hydrogen) atoms. The van der Waals surface area contributed by atoms with Crippen LogP contribution in [0, 0.1) is 0 Å². The van der Waals surface area contributed by atoms with Crippen molar-refractivity contribution in [3.05, 3.63) is 0 Å². The van der Waals surface area contributed by atoms with E-state index in [0.717, 1.165) is 6.54 Å². The summed E-state index contributed by atoms with van der Waals surface area (Å²) in [6.45, 7) is 5.82. The topological polar surface area (TPSA) is 52.6 Å². The monoisotopic (exact) mass is 172 g/mol. The number of carbonyl (C=O) groups excluding carboxylic acids is 1. The SMILES string of the molecule is CCNCC(=O)N1CC(C)(O)C1. The minimum absolute atomic E-state index is 0.0726. The maximum atomic E-state index is 11.2. The van der Waals surface area contributed by atoms with Gasteiger partial charge in [0.1, 0.15) is 0 Å². The average Bonchev–Trinajstić information content (AvgIpc) is 1.95. The molecule has 0 radical (unpaired) electrons. The number of aliphatic hydroxyl groups is 1. The van der Waals surface area contributed by atoms with Gasteiger partial charge in [-0.2, -0.15) is 0 Å². The number of likely N-dealkylation sites (N-methyl/N-ethyl adjacent to an activating group) is 1. The minimum Gasteiger partial charge on any atom is -0.386 e. The Morgan fingerprint density at radius 3 is 2.67 bits per heavy atom. The van der Waals surface area contributed by atoms with Crippen LogP contribution in [-0.2, 0) is 4.79 Å². The van der Waals surface area contributed by atoms with Crippen LogP contribution >= 0.6 is 0 Å². The predicted octanol–water partition coefficient (Wildman–Crippen LogP) is -0.811. The van der Waals surface area contributed by atoms with E-state index in [9.17, 15) is 9.90 Å². The first kappa shape index (κ1) is 9.48. The van der Waals surface area contributed by atoms with Crippen molar-refractivity contribution >= 4 is 5.91 Å². The van der Waals surface area contributed by atoms with Crippen LogP contribution in [0.4, 0.5) is 0 Å². The molecule has 0 unspecified atom stereocenters. The fourth-order valence-electron chi connectivity index (χ4n) is 1.30. The molecule has 0 atom stereocenters. The minimum atomic E-state index is -0.651. The fourth-order valence-corrected chi connectivity index (χ4v) is 1.30. The normalized spacial score (nSPS) is 20.4. The molecular weight excluding hydrogens is 156 g/mol. The Bertz CT molecular complexity index is 172. The van der Waals surface area contributed by atoms with Crippen LogP contribution in [0.3, 0.4) is 0 Å². The third-order valence-corrected chi connectivity index (χ3v) is 1.94. The van der Waals surface area contributed by atoms with Gasteiger partial charge in [-0.05, 0) is 13.5 Å². The van der Waals surface area contributed by atoms with Crippen molar-refractivity contribution in [2.24, 2.45) is 0 Å². The molecule has 0 saturated carbocycles. The zero-order valence-corrected chi connectivity index (χ0v) is 7.63. The summed E-state index contributed by atoms with van der Waals surface area (Å²) in [7, 11) is 0. The first-order valence-electron chi connectivity index (χ1n) is 4.26. The average molecular weight is 172 g/mol. The van der Waals surface area contributed by atoms with E-state index in [1.165, 1.54) is 0 Å². The Hall–Kier alpha value is -0.610. The molecule has 0 bridgehead atoms. The number of nitrogens with one attached hydrogen (secondary N) is 1. The van der Waals surface area contributed by atoms with Gasteiger partial charge in [0, 0.05) is 0 Å². The molecule has 0 aromatic carbocycles. The van der Waals surface area contributed by atoms with E-state index in [1.807, 2.05) is 6.92 Å². The van der Waals surface area contributed by atoms with E-state index >= 15 is 0 Å². The van der Waals surface area contributed by atoms with Gasteiger partial charge in [0.2, 0.25) is 5.91 Å². The lowest BCUT2D eigenvalue weighted by atomic mass is 9.97. The Labute approximate surface area is 72.6 Å². The summed E-state index contributed by atoms with van der Waals surface area (Å²) >= 11 is 0. The van der Waals surface area contributed by atoms with Crippen molar-refractivity contribution in [3.63, 3.8) is 0 Å². The molecule has 1 aliphatic rings. The van der Waals surface area contributed by atoms with E-state index in [1.54, 1.807) is 11.8 Å². The van der Waals surface area contributed by atoms with E-state index in [0.29, 0.717) is 19.6 Å². The zero-order valence-electron chi connectivity index (χ0n) is 7.63. The molecule has 1 aliphatic heterocycles. The summed E-state index contributed by atoms with van der Waals surface area (Å²) in [5.41, 5.74) is -0.651. The number of hydrogen-bond donors (Lipinski definition) is 2. The molecule has 0 aromatic rings. The van der Waals surface area contributed by atoms with Crippen molar-refractivity contribution in [1.29, 1.82) is 0 Å². The van der Waals surface area contributed by atoms with E-state index in [2.05, 4.69) is 5.32 Å². The standard InChI is InChI=1S/C8H16N2O2/c1-3-9-4-7(11)10-5-8(2,12)6-10/h9,12H,3-6H2,1-2H3. The van der Waals surface area contributed by atoms with Crippen LogP contribution in [0.15, 0.2) is 0 Å². The van der Waals surface area contributed by atoms with Gasteiger partial charge in [0.15, 0.2) is 0 Å². The predicted molar refractivity (Wildman–Crippen MR) is 45.7 cm³/mol. The van der Waals surface area contributed by atoms with E-state index in [-0.39, 0.29) is 5.91 Å². The van der Waals surface area contributed by atoms with Crippen LogP contribution in [0.25, 0.3) is 0 Å². The molecule has 1 heterocycles. The van der Waals surface area contributed by atoms with Crippen LogP contribution < -0.4 is 5.32 Å². The summed E-state index contributed by atoms with van der Waals surface area (Å²) in [5, 5.41) is 12.3. The number of carbonyl (C=O) groups is 1. The number of nitrogens with zero attached hydrogens (tertiary/aromatic N) is 1. The molecule has 1 fully saturated rings. The van der Waals surface area contributed by atoms with Gasteiger partial charge in [0.05, 0.1) is 25.2 Å². The van der Waals surface area contributed by atoms with Gasteiger partial charge in [-0.25, -0.2) is 0 Å². The summed E-state index contributed by atoms with van der Waals surface area (Å²) in [5.74, 6) is 0.0726. The Morgan fingerprint density at radius 1 is 1.67 bits per heavy atom. The molecule has 0 aliphatic carbocycles. The lowest BCUT2D eigenvalue weighted by molar-refractivity contribution is -0.151. The van der Waals surface area contributed by atoms with E-state index < -0.39 is 5.60 Å². The van der Waals surface area contributed by atoms with Gasteiger partial charge in [-0.3, -0.25) is 4.79 Å². The third-order valence-electron chi connectivity index (χ3n) is 1.94. The second-order valence-corrected chi connectivity index (χ2v) is 3.53. The Morgan fingerprint density at radius 2 is 2.25 bits per heavy atom. The summed E-state index contributed by atoms with van der Waals surface area (Å²) in [6, 6.07) is 0. The number of amides is 1. The van der Waals surface area contributed by atoms with Crippen molar-refractivity contribution in [2.75, 3.05) is 26.2 Å². The number of β-amino-alcohol motifs (C(OH)–C–C–N with tert-alkyl or cyclic N) is 1. The quantitative estimate of drug-likeness (QED) is 0.585. The lowest BCUT2D eigenvalue weighted by Gasteiger charge is -2.44. The molecular formula is C8H16N2O2. The van der Waals surface area contributed by atoms with Gasteiger partial charge in [-0.1, -0.05) is 6.92 Å². The molecule has 4 nitrogen and oxygen atoms in total. The summed E-state index contributed by atoms with van der Waals surface area (Å²) < 4.78 is 0. The van der Waals surface area contributed by atoms with E-state index in [4.69, 9.17) is 0 Å². The number of likely N-dealkylation sites (tertiary alicyclic amines) is 1. The van der Waals surface area contributed by atoms with Crippen molar-refractivity contribution in [2.45, 2.75) is 19.4 Å². The number of rotatable bonds is 3. The highest BCUT2D eigenvalue weighted by Gasteiger charge is 2.38. The molecule has 4 heteroatoms. The Kier molecular flexibility index (Phi) is 2.69. The van der Waals surface area contributed by atoms with Crippen LogP contribution in [-0.4, -0.2) is 47.7 Å². The fraction of sp³-hybridized carbons (Fsp3) is 0.875. The van der Waals surface area contributed by atoms with Crippen LogP contribution in [0.5, 0.6) is 0 Å². The van der Waals surface area contributed by atoms with Crippen molar-refractivity contribution < 1.29 is 9.90 Å². The maximum absolute atomic E-state index is 11.2. The molecule has 1 rings (SSSR count). The molecule has 0 aromatic heterocycles. The highest BCUT2D eigenvalue weighted by molar-refractivity contribution is 5.79. The largest absolute Gasteiger partial charge is 0.386 e. The van der Waals surface area contributed by atoms with Crippen LogP contribution in [0.2, 0.25) is 0 Å². The summed E-state index contributed by atoms with van der Waals surface area (Å²) in [4.78, 5) is 12.9. The first-order valence-corrected chi connectivity index (χ1v) is 4.26. The first-order chi connectivity index (χ1) is 5.55. The molecule has 70 valence electrons.